The summed E-state index contributed by atoms with van der Waals surface area (Å²) in [6.45, 7) is 9.04. The number of carbonyl (C=O) groups is 1. The molecule has 2 atom stereocenters. The molecule has 0 bridgehead atoms. The third-order valence-electron chi connectivity index (χ3n) is 5.64. The number of carbonyl (C=O) groups excluding carboxylic acids is 1. The van der Waals surface area contributed by atoms with Crippen LogP contribution < -0.4 is 21.7 Å². The number of rotatable bonds is 6. The highest BCUT2D eigenvalue weighted by molar-refractivity contribution is 5.96. The minimum atomic E-state index is -0.267. The van der Waals surface area contributed by atoms with Gasteiger partial charge in [0.1, 0.15) is 5.82 Å². The summed E-state index contributed by atoms with van der Waals surface area (Å²) < 4.78 is 0. The lowest BCUT2D eigenvalue weighted by molar-refractivity contribution is 0.0939. The van der Waals surface area contributed by atoms with Crippen LogP contribution in [0, 0.1) is 17.7 Å². The smallest absolute Gasteiger partial charge is 0.289 e. The molecule has 0 aliphatic heterocycles. The first-order valence-corrected chi connectivity index (χ1v) is 11.1. The van der Waals surface area contributed by atoms with E-state index in [0.29, 0.717) is 12.4 Å². The predicted octanol–water partition coefficient (Wildman–Crippen LogP) is 3.31. The van der Waals surface area contributed by atoms with Crippen molar-refractivity contribution >= 4 is 28.6 Å². The Morgan fingerprint density at radius 3 is 2.58 bits per heavy atom. The number of anilines is 1. The summed E-state index contributed by atoms with van der Waals surface area (Å²) in [5.74, 6) is 0.523. The molecular formula is C23H35N7O. The maximum atomic E-state index is 12.8. The standard InChI is InChI=1S/C23H35N7O/c1-14-9-10-16-15(13-14)19(28-17-7-5-6-8-18(17)29-22(24)25)30-20(27-16)21(31)26-12-11-23(2,3)4/h9-10,13,17-18H,5-8,11-12H2,1-4H3,(H,26,31)(H4,24,25,29)(H,27,28,30)/t17-,18+/m0/s1. The van der Waals surface area contributed by atoms with Crippen LogP contribution in [0.3, 0.4) is 0 Å². The van der Waals surface area contributed by atoms with Crippen LogP contribution in [0.5, 0.6) is 0 Å². The minimum Gasteiger partial charge on any atom is -0.370 e. The van der Waals surface area contributed by atoms with Crippen LogP contribution in [-0.4, -0.2) is 40.5 Å². The van der Waals surface area contributed by atoms with Crippen LogP contribution in [-0.2, 0) is 0 Å². The van der Waals surface area contributed by atoms with E-state index in [2.05, 4.69) is 46.7 Å². The summed E-state index contributed by atoms with van der Waals surface area (Å²) in [5, 5.41) is 18.1. The second-order valence-electron chi connectivity index (χ2n) is 9.68. The number of fused-ring (bicyclic) bond motifs is 1. The molecule has 6 N–H and O–H groups in total. The first kappa shape index (κ1) is 22.8. The number of hydrogen-bond acceptors (Lipinski definition) is 5. The van der Waals surface area contributed by atoms with Gasteiger partial charge in [-0.2, -0.15) is 0 Å². The topological polar surface area (TPSA) is 129 Å². The number of guanidine groups is 1. The average Bonchev–Trinajstić information content (AvgIpc) is 2.68. The number of amides is 1. The van der Waals surface area contributed by atoms with E-state index in [-0.39, 0.29) is 35.2 Å². The van der Waals surface area contributed by atoms with E-state index in [4.69, 9.17) is 11.1 Å². The van der Waals surface area contributed by atoms with Gasteiger partial charge in [0.25, 0.3) is 5.91 Å². The third-order valence-corrected chi connectivity index (χ3v) is 5.64. The molecule has 1 fully saturated rings. The van der Waals surface area contributed by atoms with Crippen molar-refractivity contribution in [3.05, 3.63) is 29.6 Å². The van der Waals surface area contributed by atoms with Gasteiger partial charge in [-0.3, -0.25) is 10.2 Å². The van der Waals surface area contributed by atoms with E-state index in [9.17, 15) is 4.79 Å². The highest BCUT2D eigenvalue weighted by Gasteiger charge is 2.27. The maximum absolute atomic E-state index is 12.8. The van der Waals surface area contributed by atoms with Gasteiger partial charge in [-0.25, -0.2) is 9.97 Å². The van der Waals surface area contributed by atoms with Crippen LogP contribution in [0.4, 0.5) is 5.82 Å². The number of hydrogen-bond donors (Lipinski definition) is 5. The number of aromatic nitrogens is 2. The molecule has 0 unspecified atom stereocenters. The zero-order chi connectivity index (χ0) is 22.6. The van der Waals surface area contributed by atoms with Crippen molar-refractivity contribution in [2.75, 3.05) is 11.9 Å². The number of benzene rings is 1. The highest BCUT2D eigenvalue weighted by Crippen LogP contribution is 2.27. The van der Waals surface area contributed by atoms with Crippen molar-refractivity contribution < 1.29 is 4.79 Å². The van der Waals surface area contributed by atoms with Gasteiger partial charge >= 0.3 is 0 Å². The summed E-state index contributed by atoms with van der Waals surface area (Å²) in [4.78, 5) is 21.9. The molecule has 1 heterocycles. The zero-order valence-corrected chi connectivity index (χ0v) is 19.0. The Labute approximate surface area is 184 Å². The second-order valence-corrected chi connectivity index (χ2v) is 9.68. The van der Waals surface area contributed by atoms with Crippen LogP contribution >= 0.6 is 0 Å². The van der Waals surface area contributed by atoms with Gasteiger partial charge in [0.05, 0.1) is 5.52 Å². The van der Waals surface area contributed by atoms with E-state index in [1.54, 1.807) is 0 Å². The first-order chi connectivity index (χ1) is 14.6. The van der Waals surface area contributed by atoms with E-state index in [1.807, 2.05) is 25.1 Å². The number of nitrogens with two attached hydrogens (primary N) is 1. The molecule has 0 saturated heterocycles. The van der Waals surface area contributed by atoms with Gasteiger partial charge in [0.15, 0.2) is 5.96 Å². The summed E-state index contributed by atoms with van der Waals surface area (Å²) in [6.07, 6.45) is 4.93. The molecule has 1 aromatic carbocycles. The number of aryl methyl sites for hydroxylation is 1. The normalized spacial score (nSPS) is 19.1. The molecule has 8 nitrogen and oxygen atoms in total. The summed E-state index contributed by atoms with van der Waals surface area (Å²) in [6, 6.07) is 6.06. The number of nitrogens with zero attached hydrogens (tertiary/aromatic N) is 2. The fraction of sp³-hybridized carbons (Fsp3) is 0.565. The maximum Gasteiger partial charge on any atom is 0.289 e. The Hall–Kier alpha value is -2.90. The molecule has 1 aliphatic carbocycles. The van der Waals surface area contributed by atoms with Crippen LogP contribution in [0.25, 0.3) is 10.9 Å². The highest BCUT2D eigenvalue weighted by atomic mass is 16.2. The average molecular weight is 426 g/mol. The van der Waals surface area contributed by atoms with E-state index >= 15 is 0 Å². The first-order valence-electron chi connectivity index (χ1n) is 11.1. The van der Waals surface area contributed by atoms with Crippen molar-refractivity contribution in [3.63, 3.8) is 0 Å². The molecule has 1 aliphatic rings. The summed E-state index contributed by atoms with van der Waals surface area (Å²) in [7, 11) is 0. The van der Waals surface area contributed by atoms with Gasteiger partial charge in [-0.05, 0) is 43.7 Å². The van der Waals surface area contributed by atoms with Crippen molar-refractivity contribution in [3.8, 4) is 0 Å². The van der Waals surface area contributed by atoms with Crippen molar-refractivity contribution in [1.82, 2.24) is 20.6 Å². The van der Waals surface area contributed by atoms with Crippen LogP contribution in [0.2, 0.25) is 0 Å². The molecule has 3 rings (SSSR count). The van der Waals surface area contributed by atoms with Gasteiger partial charge in [0.2, 0.25) is 5.82 Å². The molecule has 1 saturated carbocycles. The summed E-state index contributed by atoms with van der Waals surface area (Å²) >= 11 is 0. The molecular weight excluding hydrogens is 390 g/mol. The molecule has 2 aromatic rings. The van der Waals surface area contributed by atoms with Crippen molar-refractivity contribution in [2.24, 2.45) is 11.1 Å². The predicted molar refractivity (Wildman–Crippen MR) is 125 cm³/mol. The molecule has 1 aromatic heterocycles. The van der Waals surface area contributed by atoms with E-state index in [0.717, 1.165) is 48.6 Å². The quantitative estimate of drug-likeness (QED) is 0.357. The zero-order valence-electron chi connectivity index (χ0n) is 19.0. The lowest BCUT2D eigenvalue weighted by Crippen LogP contribution is -2.50. The van der Waals surface area contributed by atoms with Crippen LogP contribution in [0.1, 0.15) is 69.1 Å². The van der Waals surface area contributed by atoms with E-state index in [1.165, 1.54) is 0 Å². The van der Waals surface area contributed by atoms with Crippen LogP contribution in [0.15, 0.2) is 18.2 Å². The fourth-order valence-electron chi connectivity index (χ4n) is 3.94. The molecule has 0 radical (unpaired) electrons. The SMILES string of the molecule is Cc1ccc2nc(C(=O)NCCC(C)(C)C)nc(N[C@H]3CCCC[C@H]3NC(=N)N)c2c1. The Kier molecular flexibility index (Phi) is 6.97. The minimum absolute atomic E-state index is 0.0268. The van der Waals surface area contributed by atoms with E-state index < -0.39 is 0 Å². The van der Waals surface area contributed by atoms with Gasteiger partial charge in [0, 0.05) is 24.0 Å². The Morgan fingerprint density at radius 2 is 1.90 bits per heavy atom. The molecule has 8 heteroatoms. The molecule has 0 spiro atoms. The summed E-state index contributed by atoms with van der Waals surface area (Å²) in [5.41, 5.74) is 7.57. The number of nitrogens with one attached hydrogen (secondary N) is 4. The van der Waals surface area contributed by atoms with Crippen molar-refractivity contribution in [1.29, 1.82) is 5.41 Å². The van der Waals surface area contributed by atoms with Gasteiger partial charge in [-0.15, -0.1) is 0 Å². The Balaban J connectivity index is 1.88. The molecule has 1 amide bonds. The molecule has 168 valence electrons. The van der Waals surface area contributed by atoms with Crippen molar-refractivity contribution in [2.45, 2.75) is 71.9 Å². The lowest BCUT2D eigenvalue weighted by Gasteiger charge is -2.33. The van der Waals surface area contributed by atoms with Gasteiger partial charge < -0.3 is 21.7 Å². The second kappa shape index (κ2) is 9.49. The Bertz CT molecular complexity index is 951. The lowest BCUT2D eigenvalue weighted by atomic mass is 9.90. The third kappa shape index (κ3) is 6.29. The molecule has 31 heavy (non-hydrogen) atoms. The Morgan fingerprint density at radius 1 is 1.19 bits per heavy atom. The fourth-order valence-corrected chi connectivity index (χ4v) is 3.94. The monoisotopic (exact) mass is 425 g/mol. The largest absolute Gasteiger partial charge is 0.370 e. The van der Waals surface area contributed by atoms with Gasteiger partial charge in [-0.1, -0.05) is 45.2 Å².